The summed E-state index contributed by atoms with van der Waals surface area (Å²) in [7, 11) is 0. The van der Waals surface area contributed by atoms with Crippen LogP contribution in [0.25, 0.3) is 0 Å². The molecule has 1 aliphatic heterocycles. The number of nitrogens with zero attached hydrogens (tertiary/aromatic N) is 1. The van der Waals surface area contributed by atoms with E-state index in [2.05, 4.69) is 32.6 Å². The van der Waals surface area contributed by atoms with E-state index in [9.17, 15) is 19.2 Å². The van der Waals surface area contributed by atoms with E-state index in [1.807, 2.05) is 6.07 Å². The molecule has 1 fully saturated rings. The van der Waals surface area contributed by atoms with E-state index >= 15 is 0 Å². The summed E-state index contributed by atoms with van der Waals surface area (Å²) in [4.78, 5) is 46.5. The van der Waals surface area contributed by atoms with Crippen LogP contribution < -0.4 is 11.1 Å². The first-order valence-corrected chi connectivity index (χ1v) is 10.3. The molecule has 2 rings (SSSR count). The summed E-state index contributed by atoms with van der Waals surface area (Å²) in [5.41, 5.74) is 6.57. The van der Waals surface area contributed by atoms with Gasteiger partial charge < -0.3 is 20.9 Å². The van der Waals surface area contributed by atoms with Gasteiger partial charge >= 0.3 is 11.9 Å². The molecule has 3 atom stereocenters. The topological polar surface area (TPSA) is 139 Å². The van der Waals surface area contributed by atoms with Gasteiger partial charge in [-0.05, 0) is 17.5 Å². The van der Waals surface area contributed by atoms with Gasteiger partial charge in [0.15, 0.2) is 6.61 Å². The van der Waals surface area contributed by atoms with Crippen LogP contribution in [0.1, 0.15) is 11.6 Å². The second-order valence-electron chi connectivity index (χ2n) is 5.59. The van der Waals surface area contributed by atoms with Crippen molar-refractivity contribution in [2.45, 2.75) is 18.1 Å². The molecule has 1 saturated heterocycles. The van der Waals surface area contributed by atoms with Crippen molar-refractivity contribution in [2.24, 2.45) is 5.73 Å². The van der Waals surface area contributed by atoms with Gasteiger partial charge in [0.1, 0.15) is 17.8 Å². The van der Waals surface area contributed by atoms with Crippen LogP contribution in [0.3, 0.4) is 0 Å². The minimum absolute atomic E-state index is 0.198. The number of carboxylic acids is 1. The van der Waals surface area contributed by atoms with Gasteiger partial charge in [-0.15, -0.1) is 0 Å². The maximum atomic E-state index is 12.3. The number of carbonyl (C=O) groups is 4. The lowest BCUT2D eigenvalue weighted by Gasteiger charge is -2.45. The minimum atomic E-state index is -1.25. The zero-order valence-electron chi connectivity index (χ0n) is 14.0. The molecule has 0 saturated carbocycles. The highest BCUT2D eigenvalue weighted by Gasteiger charge is 2.48. The SMILES string of the molecule is NC(C(=O)NC1C(=O)N(SCC(=O)OCC(=O)O)C1CI)c1ccccc1. The summed E-state index contributed by atoms with van der Waals surface area (Å²) in [6.45, 7) is -0.723. The quantitative estimate of drug-likeness (QED) is 0.141. The predicted octanol–water partition coefficient (Wildman–Crippen LogP) is 0.0930. The van der Waals surface area contributed by atoms with E-state index in [1.54, 1.807) is 24.3 Å². The van der Waals surface area contributed by atoms with Gasteiger partial charge in [-0.25, -0.2) is 4.79 Å². The summed E-state index contributed by atoms with van der Waals surface area (Å²) in [6, 6.07) is 6.90. The Kier molecular flexibility index (Phi) is 7.86. The number of nitrogens with two attached hydrogens (primary N) is 1. The molecule has 1 aliphatic rings. The molecule has 11 heteroatoms. The molecule has 0 radical (unpaired) electrons. The Hall–Kier alpha value is -1.86. The predicted molar refractivity (Wildman–Crippen MR) is 106 cm³/mol. The smallest absolute Gasteiger partial charge is 0.341 e. The van der Waals surface area contributed by atoms with Gasteiger partial charge in [0, 0.05) is 4.43 Å². The maximum Gasteiger partial charge on any atom is 0.341 e. The summed E-state index contributed by atoms with van der Waals surface area (Å²) < 4.78 is 6.43. The van der Waals surface area contributed by atoms with E-state index in [0.717, 1.165) is 11.9 Å². The Morgan fingerprint density at radius 1 is 1.33 bits per heavy atom. The number of halogens is 1. The number of hydrogen-bond donors (Lipinski definition) is 3. The van der Waals surface area contributed by atoms with Crippen LogP contribution in [0.5, 0.6) is 0 Å². The van der Waals surface area contributed by atoms with Crippen LogP contribution in [0.15, 0.2) is 30.3 Å². The number of β-lactam (4-membered cyclic amide) rings is 1. The van der Waals surface area contributed by atoms with Gasteiger partial charge in [0.2, 0.25) is 5.91 Å². The highest BCUT2D eigenvalue weighted by Crippen LogP contribution is 2.30. The molecule has 0 spiro atoms. The lowest BCUT2D eigenvalue weighted by Crippen LogP contribution is -2.69. The molecule has 1 heterocycles. The highest BCUT2D eigenvalue weighted by atomic mass is 127. The number of hydrogen-bond acceptors (Lipinski definition) is 7. The van der Waals surface area contributed by atoms with E-state index < -0.39 is 36.5 Å². The maximum absolute atomic E-state index is 12.3. The van der Waals surface area contributed by atoms with E-state index in [1.165, 1.54) is 4.31 Å². The summed E-state index contributed by atoms with van der Waals surface area (Å²) in [6.07, 6.45) is 0. The van der Waals surface area contributed by atoms with Gasteiger partial charge in [-0.3, -0.25) is 18.7 Å². The number of carboxylic acid groups (broad SMARTS) is 1. The van der Waals surface area contributed by atoms with Crippen LogP contribution in [0.4, 0.5) is 0 Å². The van der Waals surface area contributed by atoms with Gasteiger partial charge in [0.05, 0.1) is 6.04 Å². The van der Waals surface area contributed by atoms with E-state index in [-0.39, 0.29) is 17.7 Å². The second-order valence-corrected chi connectivity index (χ2v) is 7.41. The normalized spacial score (nSPS) is 19.8. The van der Waals surface area contributed by atoms with Crippen molar-refractivity contribution in [1.29, 1.82) is 0 Å². The van der Waals surface area contributed by atoms with Crippen molar-refractivity contribution in [3.05, 3.63) is 35.9 Å². The Bertz CT molecular complexity index is 719. The molecule has 9 nitrogen and oxygen atoms in total. The van der Waals surface area contributed by atoms with Crippen molar-refractivity contribution in [1.82, 2.24) is 9.62 Å². The Morgan fingerprint density at radius 2 is 2.00 bits per heavy atom. The van der Waals surface area contributed by atoms with E-state index in [0.29, 0.717) is 9.99 Å². The number of carbonyl (C=O) groups excluding carboxylic acids is 3. The first-order valence-electron chi connectivity index (χ1n) is 7.85. The van der Waals surface area contributed by atoms with Crippen LogP contribution in [-0.2, 0) is 23.9 Å². The fraction of sp³-hybridized carbons (Fsp3) is 0.375. The average molecular weight is 507 g/mol. The molecule has 0 bridgehead atoms. The molecule has 1 aromatic rings. The molecule has 4 N–H and O–H groups in total. The molecule has 146 valence electrons. The zero-order valence-corrected chi connectivity index (χ0v) is 17.0. The number of alkyl halides is 1. The van der Waals surface area contributed by atoms with Crippen molar-refractivity contribution in [3.63, 3.8) is 0 Å². The summed E-state index contributed by atoms with van der Waals surface area (Å²) in [5, 5.41) is 11.1. The largest absolute Gasteiger partial charge is 0.479 e. The second kappa shape index (κ2) is 9.90. The summed E-state index contributed by atoms with van der Waals surface area (Å²) in [5.74, 6) is -2.99. The number of esters is 1. The molecule has 27 heavy (non-hydrogen) atoms. The van der Waals surface area contributed by atoms with Gasteiger partial charge in [0.25, 0.3) is 5.91 Å². The lowest BCUT2D eigenvalue weighted by molar-refractivity contribution is -0.153. The van der Waals surface area contributed by atoms with Crippen molar-refractivity contribution in [3.8, 4) is 0 Å². The molecule has 0 aliphatic carbocycles. The molecular weight excluding hydrogens is 489 g/mol. The summed E-state index contributed by atoms with van der Waals surface area (Å²) >= 11 is 3.01. The fourth-order valence-corrected chi connectivity index (χ4v) is 4.47. The first kappa shape index (κ1) is 21.4. The van der Waals surface area contributed by atoms with Crippen LogP contribution in [-0.4, -0.2) is 62.0 Å². The Morgan fingerprint density at radius 3 is 2.59 bits per heavy atom. The standard InChI is InChI=1S/C16H18IN3O6S/c17-6-10-14(19-15(24)13(18)9-4-2-1-3-5-9)16(25)20(10)27-8-12(23)26-7-11(21)22/h1-5,10,13-14H,6-8,18H2,(H,19,24)(H,21,22). The highest BCUT2D eigenvalue weighted by molar-refractivity contribution is 14.1. The third-order valence-electron chi connectivity index (χ3n) is 3.74. The van der Waals surface area contributed by atoms with Gasteiger partial charge in [-0.2, -0.15) is 0 Å². The molecule has 0 aromatic heterocycles. The van der Waals surface area contributed by atoms with Crippen LogP contribution in [0.2, 0.25) is 0 Å². The minimum Gasteiger partial charge on any atom is -0.479 e. The van der Waals surface area contributed by atoms with Crippen molar-refractivity contribution >= 4 is 58.3 Å². The Labute approximate surface area is 173 Å². The van der Waals surface area contributed by atoms with E-state index in [4.69, 9.17) is 10.8 Å². The number of aliphatic carboxylic acids is 1. The molecular formula is C16H18IN3O6S. The third kappa shape index (κ3) is 5.56. The average Bonchev–Trinajstić information content (AvgIpc) is 2.67. The van der Waals surface area contributed by atoms with Crippen LogP contribution >= 0.6 is 34.5 Å². The number of ether oxygens (including phenoxy) is 1. The molecule has 3 unspecified atom stereocenters. The van der Waals surface area contributed by atoms with Gasteiger partial charge in [-0.1, -0.05) is 52.9 Å². The molecule has 2 amide bonds. The lowest BCUT2D eigenvalue weighted by atomic mass is 9.99. The Balaban J connectivity index is 1.87. The van der Waals surface area contributed by atoms with Crippen LogP contribution in [0, 0.1) is 0 Å². The van der Waals surface area contributed by atoms with Crippen molar-refractivity contribution in [2.75, 3.05) is 16.8 Å². The number of nitrogens with one attached hydrogen (secondary N) is 1. The molecule has 1 aromatic carbocycles. The zero-order chi connectivity index (χ0) is 20.0. The monoisotopic (exact) mass is 507 g/mol. The number of amides is 2. The third-order valence-corrected chi connectivity index (χ3v) is 5.74. The number of rotatable bonds is 9. The first-order chi connectivity index (χ1) is 12.8. The fourth-order valence-electron chi connectivity index (χ4n) is 2.35. The van der Waals surface area contributed by atoms with Crippen molar-refractivity contribution < 1.29 is 29.0 Å². The number of benzene rings is 1.